The van der Waals surface area contributed by atoms with Gasteiger partial charge in [-0.1, -0.05) is 12.2 Å². The largest absolute Gasteiger partial charge is 0.504 e. The van der Waals surface area contributed by atoms with Gasteiger partial charge in [-0.3, -0.25) is 4.79 Å². The van der Waals surface area contributed by atoms with Crippen LogP contribution in [0.5, 0.6) is 34.5 Å². The summed E-state index contributed by atoms with van der Waals surface area (Å²) in [6.45, 7) is 0. The Hall–Kier alpha value is -4.59. The smallest absolute Gasteiger partial charge is 0.203 e. The molecule has 0 aliphatic carbocycles. The minimum atomic E-state index is -0.188. The number of ether oxygens (including phenoxy) is 5. The van der Waals surface area contributed by atoms with Crippen molar-refractivity contribution in [3.8, 4) is 34.5 Å². The van der Waals surface area contributed by atoms with Crippen LogP contribution in [0.3, 0.4) is 0 Å². The monoisotopic (exact) mass is 491 g/mol. The molecule has 0 heterocycles. The van der Waals surface area contributed by atoms with Crippen molar-refractivity contribution in [3.05, 3.63) is 77.5 Å². The first-order valence-corrected chi connectivity index (χ1v) is 10.9. The topological polar surface area (TPSA) is 95.5 Å². The Morgan fingerprint density at radius 2 is 1.33 bits per heavy atom. The van der Waals surface area contributed by atoms with E-state index < -0.39 is 0 Å². The predicted octanol–water partition coefficient (Wildman–Crippen LogP) is 5.41. The van der Waals surface area contributed by atoms with Crippen LogP contribution < -0.4 is 29.0 Å². The molecular formula is C28H29NO7. The first-order valence-electron chi connectivity index (χ1n) is 10.9. The number of carbonyl (C=O) groups excluding carboxylic acids is 1. The van der Waals surface area contributed by atoms with Crippen molar-refractivity contribution in [2.45, 2.75) is 0 Å². The van der Waals surface area contributed by atoms with Crippen molar-refractivity contribution < 1.29 is 33.6 Å². The van der Waals surface area contributed by atoms with Crippen molar-refractivity contribution in [1.82, 2.24) is 0 Å². The second kappa shape index (κ2) is 12.2. The van der Waals surface area contributed by atoms with Gasteiger partial charge >= 0.3 is 0 Å². The summed E-state index contributed by atoms with van der Waals surface area (Å²) in [6.07, 6.45) is 6.56. The number of allylic oxidation sites excluding steroid dienone is 1. The zero-order valence-corrected chi connectivity index (χ0v) is 20.8. The van der Waals surface area contributed by atoms with Crippen LogP contribution in [0.4, 0.5) is 5.69 Å². The molecule has 0 saturated carbocycles. The summed E-state index contributed by atoms with van der Waals surface area (Å²) < 4.78 is 26.6. The van der Waals surface area contributed by atoms with Gasteiger partial charge in [-0.15, -0.1) is 0 Å². The highest BCUT2D eigenvalue weighted by Crippen LogP contribution is 2.39. The highest BCUT2D eigenvalue weighted by molar-refractivity contribution is 6.04. The maximum Gasteiger partial charge on any atom is 0.203 e. The lowest BCUT2D eigenvalue weighted by molar-refractivity contribution is 0.104. The Morgan fingerprint density at radius 3 is 1.86 bits per heavy atom. The van der Waals surface area contributed by atoms with E-state index in [1.54, 1.807) is 64.8 Å². The number of ketones is 1. The van der Waals surface area contributed by atoms with E-state index in [4.69, 9.17) is 23.7 Å². The molecule has 0 bridgehead atoms. The van der Waals surface area contributed by atoms with Crippen molar-refractivity contribution >= 4 is 23.6 Å². The molecule has 36 heavy (non-hydrogen) atoms. The molecule has 188 valence electrons. The fourth-order valence-electron chi connectivity index (χ4n) is 3.50. The molecule has 0 aliphatic heterocycles. The van der Waals surface area contributed by atoms with Crippen molar-refractivity contribution in [2.75, 3.05) is 40.9 Å². The molecule has 0 atom stereocenters. The highest BCUT2D eigenvalue weighted by atomic mass is 16.5. The summed E-state index contributed by atoms with van der Waals surface area (Å²) in [4.78, 5) is 12.4. The second-order valence-corrected chi connectivity index (χ2v) is 7.48. The number of phenolic OH excluding ortho intramolecular Hbond substituents is 1. The first kappa shape index (κ1) is 26.0. The van der Waals surface area contributed by atoms with Gasteiger partial charge in [0.05, 0.1) is 41.2 Å². The molecule has 0 aliphatic rings. The van der Waals surface area contributed by atoms with Gasteiger partial charge in [0.2, 0.25) is 5.75 Å². The average molecular weight is 492 g/mol. The average Bonchev–Trinajstić information content (AvgIpc) is 2.91. The zero-order chi connectivity index (χ0) is 26.1. The first-order chi connectivity index (χ1) is 17.4. The highest BCUT2D eigenvalue weighted by Gasteiger charge is 2.13. The Morgan fingerprint density at radius 1 is 0.750 bits per heavy atom. The van der Waals surface area contributed by atoms with Crippen LogP contribution in [0.1, 0.15) is 21.5 Å². The van der Waals surface area contributed by atoms with Crippen LogP contribution in [0.25, 0.3) is 12.2 Å². The molecule has 0 radical (unpaired) electrons. The van der Waals surface area contributed by atoms with Crippen LogP contribution >= 0.6 is 0 Å². The molecule has 8 nitrogen and oxygen atoms in total. The van der Waals surface area contributed by atoms with Crippen LogP contribution in [0.2, 0.25) is 0 Å². The fourth-order valence-corrected chi connectivity index (χ4v) is 3.50. The number of hydrogen-bond donors (Lipinski definition) is 2. The Labute approximate surface area is 210 Å². The number of methoxy groups -OCH3 is 5. The van der Waals surface area contributed by atoms with Gasteiger partial charge in [0.15, 0.2) is 28.8 Å². The number of benzene rings is 3. The van der Waals surface area contributed by atoms with Crippen LogP contribution in [-0.4, -0.2) is 46.4 Å². The van der Waals surface area contributed by atoms with Gasteiger partial charge in [0.25, 0.3) is 0 Å². The Balaban J connectivity index is 1.83. The molecule has 0 saturated heterocycles. The van der Waals surface area contributed by atoms with Crippen molar-refractivity contribution in [3.63, 3.8) is 0 Å². The molecule has 2 N–H and O–H groups in total. The summed E-state index contributed by atoms with van der Waals surface area (Å²) in [5.41, 5.74) is 2.50. The van der Waals surface area contributed by atoms with Crippen LogP contribution in [0, 0.1) is 0 Å². The van der Waals surface area contributed by atoms with Gasteiger partial charge in [0, 0.05) is 17.8 Å². The quantitative estimate of drug-likeness (QED) is 0.209. The van der Waals surface area contributed by atoms with Crippen molar-refractivity contribution in [1.29, 1.82) is 0 Å². The minimum Gasteiger partial charge on any atom is -0.504 e. The number of anilines is 1. The fraction of sp³-hybridized carbons (Fsp3) is 0.179. The lowest BCUT2D eigenvalue weighted by Crippen LogP contribution is -1.98. The predicted molar refractivity (Wildman–Crippen MR) is 140 cm³/mol. The van der Waals surface area contributed by atoms with E-state index in [0.717, 1.165) is 5.56 Å². The number of carbonyl (C=O) groups is 1. The summed E-state index contributed by atoms with van der Waals surface area (Å²) >= 11 is 0. The third kappa shape index (κ3) is 6.09. The Bertz CT molecular complexity index is 1240. The van der Waals surface area contributed by atoms with E-state index in [9.17, 15) is 9.90 Å². The van der Waals surface area contributed by atoms with E-state index in [-0.39, 0.29) is 17.3 Å². The summed E-state index contributed by atoms with van der Waals surface area (Å²) in [6, 6.07) is 13.8. The molecule has 3 aromatic rings. The third-order valence-electron chi connectivity index (χ3n) is 5.30. The molecule has 3 rings (SSSR count). The molecule has 0 fully saturated rings. The number of rotatable bonds is 11. The molecule has 0 unspecified atom stereocenters. The molecule has 3 aromatic carbocycles. The summed E-state index contributed by atoms with van der Waals surface area (Å²) in [7, 11) is 7.67. The lowest BCUT2D eigenvalue weighted by Gasteiger charge is -2.13. The van der Waals surface area contributed by atoms with Gasteiger partial charge in [-0.25, -0.2) is 0 Å². The van der Waals surface area contributed by atoms with E-state index in [0.29, 0.717) is 39.8 Å². The van der Waals surface area contributed by atoms with E-state index in [1.165, 1.54) is 19.4 Å². The van der Waals surface area contributed by atoms with E-state index in [2.05, 4.69) is 5.32 Å². The zero-order valence-electron chi connectivity index (χ0n) is 20.8. The molecule has 8 heteroatoms. The number of phenols is 1. The SMILES string of the molecule is COc1ccc(C(=O)/C=C\Nc2cc(/C=C\c3cc(OC)c(OC)c(OC)c3)cc(O)c2OC)cc1. The number of aromatic hydroxyl groups is 1. The molecule has 0 aromatic heterocycles. The Kier molecular flexibility index (Phi) is 8.83. The normalized spacial score (nSPS) is 10.9. The lowest BCUT2D eigenvalue weighted by atomic mass is 10.1. The molecular weight excluding hydrogens is 462 g/mol. The maximum atomic E-state index is 12.4. The van der Waals surface area contributed by atoms with Gasteiger partial charge < -0.3 is 34.1 Å². The summed E-state index contributed by atoms with van der Waals surface area (Å²) in [5, 5.41) is 13.5. The maximum absolute atomic E-state index is 12.4. The van der Waals surface area contributed by atoms with E-state index >= 15 is 0 Å². The van der Waals surface area contributed by atoms with E-state index in [1.807, 2.05) is 24.3 Å². The standard InChI is InChI=1S/C28H29NO7/c1-32-21-10-8-20(9-11-21)23(30)12-13-29-22-14-18(15-24(31)27(22)35-4)6-7-19-16-25(33-2)28(36-5)26(17-19)34-3/h6-17,29,31H,1-5H3/b7-6-,13-12-. The van der Waals surface area contributed by atoms with Gasteiger partial charge in [-0.2, -0.15) is 0 Å². The van der Waals surface area contributed by atoms with Crippen LogP contribution in [-0.2, 0) is 0 Å². The number of hydrogen-bond acceptors (Lipinski definition) is 8. The molecule has 0 spiro atoms. The summed E-state index contributed by atoms with van der Waals surface area (Å²) in [5.74, 6) is 2.24. The second-order valence-electron chi connectivity index (χ2n) is 7.48. The van der Waals surface area contributed by atoms with Gasteiger partial charge in [0.1, 0.15) is 5.75 Å². The minimum absolute atomic E-state index is 0.0538. The van der Waals surface area contributed by atoms with Crippen molar-refractivity contribution in [2.24, 2.45) is 0 Å². The van der Waals surface area contributed by atoms with Crippen LogP contribution in [0.15, 0.2) is 60.8 Å². The number of nitrogens with one attached hydrogen (secondary N) is 1. The third-order valence-corrected chi connectivity index (χ3v) is 5.30. The van der Waals surface area contributed by atoms with Gasteiger partial charge in [-0.05, 0) is 59.7 Å². The molecule has 0 amide bonds.